The van der Waals surface area contributed by atoms with Gasteiger partial charge in [0.2, 0.25) is 0 Å². The lowest BCUT2D eigenvalue weighted by atomic mass is 10.3. The minimum atomic E-state index is -1.46. The van der Waals surface area contributed by atoms with Crippen LogP contribution < -0.4 is 17.1 Å². The van der Waals surface area contributed by atoms with Crippen molar-refractivity contribution in [1.29, 1.82) is 0 Å². The van der Waals surface area contributed by atoms with Crippen LogP contribution in [0.2, 0.25) is 0 Å². The highest BCUT2D eigenvalue weighted by atomic mass is 32.1. The van der Waals surface area contributed by atoms with Gasteiger partial charge in [-0.25, -0.2) is 37.7 Å². The molecule has 0 aliphatic heterocycles. The van der Waals surface area contributed by atoms with Crippen molar-refractivity contribution >= 4 is 23.3 Å². The van der Waals surface area contributed by atoms with E-state index >= 15 is 0 Å². The van der Waals surface area contributed by atoms with E-state index < -0.39 is 54.4 Å². The predicted octanol–water partition coefficient (Wildman–Crippen LogP) is -0.805. The fourth-order valence-corrected chi connectivity index (χ4v) is 3.60. The number of carbonyl (C=O) groups excluding carboxylic acids is 2. The molecule has 0 fully saturated rings. The summed E-state index contributed by atoms with van der Waals surface area (Å²) in [6.07, 6.45) is -0.894. The van der Waals surface area contributed by atoms with E-state index in [1.54, 1.807) is 6.92 Å². The maximum Gasteiger partial charge on any atom is 0.348 e. The van der Waals surface area contributed by atoms with Crippen molar-refractivity contribution in [3.8, 4) is 0 Å². The number of allylic oxidation sites excluding steroid dienone is 1. The van der Waals surface area contributed by atoms with Gasteiger partial charge in [0.1, 0.15) is 22.5 Å². The summed E-state index contributed by atoms with van der Waals surface area (Å²) in [6, 6.07) is 2.75. The highest BCUT2D eigenvalue weighted by Crippen LogP contribution is 2.18. The minimum Gasteiger partial charge on any atom is -0.465 e. The van der Waals surface area contributed by atoms with Crippen molar-refractivity contribution in [2.45, 2.75) is 45.2 Å². The monoisotopic (exact) mass is 483 g/mol. The second-order valence-electron chi connectivity index (χ2n) is 6.94. The molecule has 0 bridgehead atoms. The molecule has 2 aromatic heterocycles. The molecule has 33 heavy (non-hydrogen) atoms. The first kappa shape index (κ1) is 26.0. The minimum absolute atomic E-state index is 0.0928. The Bertz CT molecular complexity index is 1190. The van der Waals surface area contributed by atoms with Crippen LogP contribution in [0.5, 0.6) is 0 Å². The first-order chi connectivity index (χ1) is 15.6. The molecule has 2 aromatic rings. The van der Waals surface area contributed by atoms with Crippen molar-refractivity contribution in [1.82, 2.24) is 13.7 Å². The fourth-order valence-electron chi connectivity index (χ4n) is 2.78. The van der Waals surface area contributed by atoms with E-state index in [9.17, 15) is 34.2 Å². The zero-order chi connectivity index (χ0) is 24.7. The number of rotatable bonds is 11. The maximum absolute atomic E-state index is 12.7. The summed E-state index contributed by atoms with van der Waals surface area (Å²) in [5.41, 5.74) is -2.89. The van der Waals surface area contributed by atoms with Crippen LogP contribution in [0.25, 0.3) is 0 Å². The van der Waals surface area contributed by atoms with Gasteiger partial charge >= 0.3 is 29.0 Å². The molecule has 180 valence electrons. The van der Waals surface area contributed by atoms with E-state index in [-0.39, 0.29) is 29.3 Å². The van der Waals surface area contributed by atoms with E-state index in [0.717, 1.165) is 15.9 Å². The smallest absolute Gasteiger partial charge is 0.348 e. The summed E-state index contributed by atoms with van der Waals surface area (Å²) in [4.78, 5) is 61.8. The quantitative estimate of drug-likeness (QED) is 0.308. The van der Waals surface area contributed by atoms with Crippen LogP contribution in [0, 0.1) is 0 Å². The number of carbonyl (C=O) groups is 2. The molecule has 0 aromatic carbocycles. The summed E-state index contributed by atoms with van der Waals surface area (Å²) < 4.78 is 11.6. The van der Waals surface area contributed by atoms with E-state index in [0.29, 0.717) is 9.13 Å². The molecule has 2 rings (SSSR count). The van der Waals surface area contributed by atoms with Crippen molar-refractivity contribution in [3.05, 3.63) is 66.0 Å². The first-order valence-corrected chi connectivity index (χ1v) is 10.7. The van der Waals surface area contributed by atoms with Crippen LogP contribution in [0.3, 0.4) is 0 Å². The average molecular weight is 483 g/mol. The Morgan fingerprint density at radius 2 is 1.52 bits per heavy atom. The molecule has 0 spiro atoms. The first-order valence-electron chi connectivity index (χ1n) is 9.91. The van der Waals surface area contributed by atoms with Gasteiger partial charge in [-0.3, -0.25) is 0 Å². The van der Waals surface area contributed by atoms with E-state index in [1.807, 2.05) is 0 Å². The summed E-state index contributed by atoms with van der Waals surface area (Å²) in [5, 5.41) is 20.2. The van der Waals surface area contributed by atoms with Gasteiger partial charge in [-0.05, 0) is 18.6 Å². The molecule has 13 heteroatoms. The van der Waals surface area contributed by atoms with E-state index in [2.05, 4.69) is 11.3 Å². The average Bonchev–Trinajstić information content (AvgIpc) is 3.30. The summed E-state index contributed by atoms with van der Waals surface area (Å²) in [6.45, 7) is 3.48. The molecular weight excluding hydrogens is 458 g/mol. The third kappa shape index (κ3) is 6.15. The number of aliphatic hydroxyl groups is 2. The van der Waals surface area contributed by atoms with Crippen molar-refractivity contribution in [2.75, 3.05) is 13.7 Å². The molecule has 2 heterocycles. The number of nitrogens with zero attached hydrogens (tertiary/aromatic N) is 3. The molecule has 0 aliphatic carbocycles. The largest absolute Gasteiger partial charge is 0.465 e. The Balaban J connectivity index is 2.22. The number of ether oxygens (including phenoxy) is 2. The fraction of sp³-hybridized carbons (Fsp3) is 0.450. The van der Waals surface area contributed by atoms with E-state index in [4.69, 9.17) is 4.74 Å². The van der Waals surface area contributed by atoms with Gasteiger partial charge in [0, 0.05) is 0 Å². The molecule has 12 nitrogen and oxygen atoms in total. The highest BCUT2D eigenvalue weighted by Gasteiger charge is 2.21. The summed E-state index contributed by atoms with van der Waals surface area (Å²) in [7, 11) is 1.20. The molecule has 0 saturated carbocycles. The van der Waals surface area contributed by atoms with Crippen LogP contribution in [0.15, 0.2) is 39.2 Å². The van der Waals surface area contributed by atoms with Crippen LogP contribution in [-0.4, -0.2) is 61.8 Å². The predicted molar refractivity (Wildman–Crippen MR) is 118 cm³/mol. The molecule has 2 unspecified atom stereocenters. The molecule has 0 aliphatic rings. The zero-order valence-corrected chi connectivity index (χ0v) is 18.9. The van der Waals surface area contributed by atoms with Crippen molar-refractivity contribution in [3.63, 3.8) is 0 Å². The molecular formula is C20H25N3O9S. The third-order valence-corrected chi connectivity index (χ3v) is 5.60. The summed E-state index contributed by atoms with van der Waals surface area (Å²) >= 11 is 0.843. The topological polar surface area (TPSA) is 159 Å². The Morgan fingerprint density at radius 3 is 2.03 bits per heavy atom. The van der Waals surface area contributed by atoms with Crippen LogP contribution in [0.1, 0.15) is 32.7 Å². The lowest BCUT2D eigenvalue weighted by Gasteiger charge is -2.17. The molecule has 2 N–H and O–H groups in total. The number of thiophene rings is 1. The number of hydrogen-bond donors (Lipinski definition) is 2. The van der Waals surface area contributed by atoms with Gasteiger partial charge in [0.05, 0.1) is 32.8 Å². The Morgan fingerprint density at radius 1 is 1.00 bits per heavy atom. The SMILES string of the molecule is C=CCn1c(=O)n(CC(O)CC)c(=O)n(CC(O)COC(=O)c2ccc(C(=O)OC)s2)c1=O. The Hall–Kier alpha value is -3.29. The molecule has 0 saturated heterocycles. The number of hydrogen-bond acceptors (Lipinski definition) is 10. The number of methoxy groups -OCH3 is 1. The van der Waals surface area contributed by atoms with Crippen molar-refractivity contribution < 1.29 is 29.3 Å². The standard InChI is InChI=1S/C20H25N3O9S/c1-4-8-21-18(28)22(9-12(24)5-2)20(30)23(19(21)29)10-13(25)11-32-17(27)15-7-6-14(33-15)16(26)31-3/h4,6-7,12-13,24-25H,1,5,8-11H2,2-3H3. The van der Waals surface area contributed by atoms with Crippen molar-refractivity contribution in [2.24, 2.45) is 0 Å². The van der Waals surface area contributed by atoms with Gasteiger partial charge in [-0.15, -0.1) is 17.9 Å². The lowest BCUT2D eigenvalue weighted by molar-refractivity contribution is 0.0211. The highest BCUT2D eigenvalue weighted by molar-refractivity contribution is 7.15. The van der Waals surface area contributed by atoms with Gasteiger partial charge in [-0.1, -0.05) is 13.0 Å². The molecule has 0 amide bonds. The van der Waals surface area contributed by atoms with Gasteiger partial charge in [-0.2, -0.15) is 0 Å². The number of aromatic nitrogens is 3. The van der Waals surface area contributed by atoms with Crippen LogP contribution in [0.4, 0.5) is 0 Å². The third-order valence-electron chi connectivity index (χ3n) is 4.56. The summed E-state index contributed by atoms with van der Waals surface area (Å²) in [5.74, 6) is -1.43. The van der Waals surface area contributed by atoms with E-state index in [1.165, 1.54) is 25.3 Å². The Labute approximate surface area is 191 Å². The second-order valence-corrected chi connectivity index (χ2v) is 8.02. The number of aliphatic hydroxyl groups excluding tert-OH is 2. The number of esters is 2. The van der Waals surface area contributed by atoms with Gasteiger partial charge < -0.3 is 19.7 Å². The molecule has 0 radical (unpaired) electrons. The van der Waals surface area contributed by atoms with Crippen LogP contribution >= 0.6 is 11.3 Å². The lowest BCUT2D eigenvalue weighted by Crippen LogP contribution is -2.56. The van der Waals surface area contributed by atoms with Gasteiger partial charge in [0.15, 0.2) is 0 Å². The zero-order valence-electron chi connectivity index (χ0n) is 18.1. The maximum atomic E-state index is 12.7. The Kier molecular flexibility index (Phi) is 9.08. The normalized spacial score (nSPS) is 12.7. The van der Waals surface area contributed by atoms with Crippen LogP contribution in [-0.2, 0) is 29.1 Å². The van der Waals surface area contributed by atoms with Gasteiger partial charge in [0.25, 0.3) is 0 Å². The molecule has 2 atom stereocenters. The second kappa shape index (κ2) is 11.5.